The molecule has 0 bridgehead atoms. The zero-order valence-electron chi connectivity index (χ0n) is 10.2. The molecule has 2 rings (SSSR count). The Kier molecular flexibility index (Phi) is 4.01. The maximum Gasteiger partial charge on any atom is 0.311 e. The summed E-state index contributed by atoms with van der Waals surface area (Å²) < 4.78 is 5.17. The number of thiazole rings is 1. The Bertz CT molecular complexity index is 482. The lowest BCUT2D eigenvalue weighted by Crippen LogP contribution is -2.46. The molecule has 19 heavy (non-hydrogen) atoms. The third kappa shape index (κ3) is 3.02. The predicted molar refractivity (Wildman–Crippen MR) is 69.0 cm³/mol. The predicted octanol–water partition coefficient (Wildman–Crippen LogP) is 0.336. The van der Waals surface area contributed by atoms with E-state index in [1.54, 1.807) is 5.38 Å². The summed E-state index contributed by atoms with van der Waals surface area (Å²) in [7, 11) is 0. The summed E-state index contributed by atoms with van der Waals surface area (Å²) in [6.45, 7) is 0.861. The first-order chi connectivity index (χ1) is 9.03. The normalized spacial score (nSPS) is 17.9. The van der Waals surface area contributed by atoms with Crippen molar-refractivity contribution < 1.29 is 19.4 Å². The number of amides is 1. The average Bonchev–Trinajstić information content (AvgIpc) is 2.83. The van der Waals surface area contributed by atoms with Crippen molar-refractivity contribution in [2.24, 2.45) is 5.41 Å². The standard InChI is InChI=1S/C11H15N3O4S/c12-10-14-7(5-19-10)8(15)13-6-11(9(16)17)1-3-18-4-2-11/h5H,1-4,6H2,(H2,12,14)(H,13,15)(H,16,17). The van der Waals surface area contributed by atoms with E-state index in [0.717, 1.165) is 0 Å². The van der Waals surface area contributed by atoms with Crippen LogP contribution in [0, 0.1) is 5.41 Å². The average molecular weight is 285 g/mol. The molecule has 104 valence electrons. The molecule has 8 heteroatoms. The van der Waals surface area contributed by atoms with Gasteiger partial charge in [-0.25, -0.2) is 4.98 Å². The Morgan fingerprint density at radius 2 is 2.21 bits per heavy atom. The van der Waals surface area contributed by atoms with E-state index >= 15 is 0 Å². The van der Waals surface area contributed by atoms with E-state index in [1.165, 1.54) is 11.3 Å². The molecule has 1 saturated heterocycles. The van der Waals surface area contributed by atoms with Crippen LogP contribution in [-0.4, -0.2) is 41.7 Å². The first kappa shape index (κ1) is 13.8. The fourth-order valence-electron chi connectivity index (χ4n) is 1.96. The van der Waals surface area contributed by atoms with E-state index in [9.17, 15) is 14.7 Å². The minimum atomic E-state index is -0.949. The fourth-order valence-corrected chi connectivity index (χ4v) is 2.50. The number of carboxylic acid groups (broad SMARTS) is 1. The van der Waals surface area contributed by atoms with Crippen molar-refractivity contribution in [1.82, 2.24) is 10.3 Å². The van der Waals surface area contributed by atoms with Crippen LogP contribution in [0.3, 0.4) is 0 Å². The van der Waals surface area contributed by atoms with Gasteiger partial charge in [-0.3, -0.25) is 9.59 Å². The molecule has 0 spiro atoms. The van der Waals surface area contributed by atoms with Gasteiger partial charge >= 0.3 is 5.97 Å². The maximum atomic E-state index is 11.8. The summed E-state index contributed by atoms with van der Waals surface area (Å²) in [6, 6.07) is 0. The van der Waals surface area contributed by atoms with Crippen LogP contribution in [0.15, 0.2) is 5.38 Å². The molecular weight excluding hydrogens is 270 g/mol. The lowest BCUT2D eigenvalue weighted by molar-refractivity contribution is -0.154. The van der Waals surface area contributed by atoms with Crippen LogP contribution in [0.25, 0.3) is 0 Å². The van der Waals surface area contributed by atoms with Gasteiger partial charge in [-0.05, 0) is 12.8 Å². The van der Waals surface area contributed by atoms with Crippen molar-refractivity contribution in [2.75, 3.05) is 25.5 Å². The monoisotopic (exact) mass is 285 g/mol. The van der Waals surface area contributed by atoms with Crippen LogP contribution in [0.2, 0.25) is 0 Å². The molecule has 1 aromatic rings. The highest BCUT2D eigenvalue weighted by atomic mass is 32.1. The molecule has 0 saturated carbocycles. The van der Waals surface area contributed by atoms with Crippen LogP contribution in [0.5, 0.6) is 0 Å². The largest absolute Gasteiger partial charge is 0.481 e. The number of carbonyl (C=O) groups is 2. The van der Waals surface area contributed by atoms with Gasteiger partial charge in [0.15, 0.2) is 5.13 Å². The van der Waals surface area contributed by atoms with Gasteiger partial charge in [0.05, 0.1) is 5.41 Å². The first-order valence-electron chi connectivity index (χ1n) is 5.84. The van der Waals surface area contributed by atoms with Crippen molar-refractivity contribution in [3.63, 3.8) is 0 Å². The van der Waals surface area contributed by atoms with Gasteiger partial charge in [0.25, 0.3) is 5.91 Å². The number of aliphatic carboxylic acids is 1. The van der Waals surface area contributed by atoms with E-state index in [4.69, 9.17) is 10.5 Å². The quantitative estimate of drug-likeness (QED) is 0.734. The summed E-state index contributed by atoms with van der Waals surface area (Å²) in [4.78, 5) is 27.1. The summed E-state index contributed by atoms with van der Waals surface area (Å²) >= 11 is 1.17. The second-order valence-electron chi connectivity index (χ2n) is 4.45. The number of hydrogen-bond acceptors (Lipinski definition) is 6. The van der Waals surface area contributed by atoms with Crippen molar-refractivity contribution in [3.05, 3.63) is 11.1 Å². The van der Waals surface area contributed by atoms with Gasteiger partial charge in [-0.1, -0.05) is 0 Å². The summed E-state index contributed by atoms with van der Waals surface area (Å²) in [5.41, 5.74) is 4.72. The maximum absolute atomic E-state index is 11.8. The number of carbonyl (C=O) groups excluding carboxylic acids is 1. The van der Waals surface area contributed by atoms with Crippen molar-refractivity contribution in [1.29, 1.82) is 0 Å². The van der Waals surface area contributed by atoms with E-state index in [0.29, 0.717) is 31.2 Å². The number of carboxylic acids is 1. The molecule has 0 radical (unpaired) electrons. The smallest absolute Gasteiger partial charge is 0.311 e. The highest BCUT2D eigenvalue weighted by Crippen LogP contribution is 2.30. The Hall–Kier alpha value is -1.67. The van der Waals surface area contributed by atoms with Crippen LogP contribution < -0.4 is 11.1 Å². The van der Waals surface area contributed by atoms with Gasteiger partial charge in [0.1, 0.15) is 5.69 Å². The molecule has 0 aromatic carbocycles. The molecule has 1 aliphatic rings. The number of rotatable bonds is 4. The summed E-state index contributed by atoms with van der Waals surface area (Å²) in [6.07, 6.45) is 0.781. The zero-order chi connectivity index (χ0) is 13.9. The minimum absolute atomic E-state index is 0.0714. The molecule has 1 aliphatic heterocycles. The first-order valence-corrected chi connectivity index (χ1v) is 6.72. The topological polar surface area (TPSA) is 115 Å². The third-order valence-corrected chi connectivity index (χ3v) is 3.92. The van der Waals surface area contributed by atoms with Crippen LogP contribution in [0.4, 0.5) is 5.13 Å². The lowest BCUT2D eigenvalue weighted by atomic mass is 9.80. The molecule has 1 amide bonds. The van der Waals surface area contributed by atoms with E-state index in [-0.39, 0.29) is 12.2 Å². The highest BCUT2D eigenvalue weighted by Gasteiger charge is 2.40. The molecule has 0 unspecified atom stereocenters. The molecular formula is C11H15N3O4S. The molecule has 0 aliphatic carbocycles. The number of nitrogen functional groups attached to an aromatic ring is 1. The Balaban J connectivity index is 1.99. The fraction of sp³-hybridized carbons (Fsp3) is 0.545. The van der Waals surface area contributed by atoms with Gasteiger partial charge in [-0.15, -0.1) is 11.3 Å². The molecule has 1 aromatic heterocycles. The van der Waals surface area contributed by atoms with E-state index in [1.807, 2.05) is 0 Å². The van der Waals surface area contributed by atoms with Gasteiger partial charge in [0.2, 0.25) is 0 Å². The summed E-state index contributed by atoms with van der Waals surface area (Å²) in [5, 5.41) is 13.8. The van der Waals surface area contributed by atoms with Crippen LogP contribution in [0.1, 0.15) is 23.3 Å². The Labute approximate surface area is 113 Å². The summed E-state index contributed by atoms with van der Waals surface area (Å²) in [5.74, 6) is -1.31. The SMILES string of the molecule is Nc1nc(C(=O)NCC2(C(=O)O)CCOCC2)cs1. The van der Waals surface area contributed by atoms with Gasteiger partial charge < -0.3 is 20.9 Å². The number of nitrogens with one attached hydrogen (secondary N) is 1. The Morgan fingerprint density at radius 3 is 2.74 bits per heavy atom. The van der Waals surface area contributed by atoms with E-state index in [2.05, 4.69) is 10.3 Å². The van der Waals surface area contributed by atoms with Crippen molar-refractivity contribution in [2.45, 2.75) is 12.8 Å². The molecule has 4 N–H and O–H groups in total. The molecule has 1 fully saturated rings. The number of aromatic nitrogens is 1. The van der Waals surface area contributed by atoms with Crippen LogP contribution in [-0.2, 0) is 9.53 Å². The molecule has 7 nitrogen and oxygen atoms in total. The zero-order valence-corrected chi connectivity index (χ0v) is 11.0. The minimum Gasteiger partial charge on any atom is -0.481 e. The van der Waals surface area contributed by atoms with E-state index < -0.39 is 17.3 Å². The lowest BCUT2D eigenvalue weighted by Gasteiger charge is -2.32. The van der Waals surface area contributed by atoms with Gasteiger partial charge in [-0.2, -0.15) is 0 Å². The van der Waals surface area contributed by atoms with Crippen molar-refractivity contribution >= 4 is 28.3 Å². The number of hydrogen-bond donors (Lipinski definition) is 3. The van der Waals surface area contributed by atoms with Crippen molar-refractivity contribution in [3.8, 4) is 0 Å². The second-order valence-corrected chi connectivity index (χ2v) is 5.34. The number of anilines is 1. The number of nitrogens with zero attached hydrogens (tertiary/aromatic N) is 1. The number of nitrogens with two attached hydrogens (primary N) is 1. The highest BCUT2D eigenvalue weighted by molar-refractivity contribution is 7.13. The van der Waals surface area contributed by atoms with Gasteiger partial charge in [0, 0.05) is 25.1 Å². The number of ether oxygens (including phenoxy) is 1. The third-order valence-electron chi connectivity index (χ3n) is 3.25. The molecule has 0 atom stereocenters. The Morgan fingerprint density at radius 1 is 1.53 bits per heavy atom. The van der Waals surface area contributed by atoms with Crippen LogP contribution >= 0.6 is 11.3 Å². The molecule has 2 heterocycles. The second kappa shape index (κ2) is 5.54.